The van der Waals surface area contributed by atoms with Crippen molar-refractivity contribution in [1.29, 1.82) is 5.26 Å². The quantitative estimate of drug-likeness (QED) is 0.247. The summed E-state index contributed by atoms with van der Waals surface area (Å²) in [6.45, 7) is 0.125. The molecule has 0 atom stereocenters. The van der Waals surface area contributed by atoms with Crippen LogP contribution >= 0.6 is 0 Å². The van der Waals surface area contributed by atoms with Gasteiger partial charge < -0.3 is 10.9 Å². The summed E-state index contributed by atoms with van der Waals surface area (Å²) in [6, 6.07) is 1.71. The van der Waals surface area contributed by atoms with Gasteiger partial charge in [-0.15, -0.1) is 4.91 Å². The summed E-state index contributed by atoms with van der Waals surface area (Å²) in [5.41, 5.74) is 4.67. The third kappa shape index (κ3) is 1750. The fourth-order valence-electron chi connectivity index (χ4n) is 0. The van der Waals surface area contributed by atoms with E-state index in [0.717, 1.165) is 0 Å². The first-order valence-corrected chi connectivity index (χ1v) is 1.37. The number of nitriles is 1. The van der Waals surface area contributed by atoms with Gasteiger partial charge in [0, 0.05) is 0 Å². The van der Waals surface area contributed by atoms with E-state index in [-0.39, 0.29) is 6.54 Å². The van der Waals surface area contributed by atoms with Gasteiger partial charge in [-0.25, -0.2) is 0 Å². The van der Waals surface area contributed by atoms with Crippen LogP contribution in [0.4, 0.5) is 0 Å². The molecule has 0 aromatic heterocycles. The van der Waals surface area contributed by atoms with Crippen molar-refractivity contribution < 1.29 is 5.21 Å². The lowest BCUT2D eigenvalue weighted by Crippen LogP contribution is -1.91. The van der Waals surface area contributed by atoms with Crippen LogP contribution in [0.15, 0.2) is 5.34 Å². The van der Waals surface area contributed by atoms with Gasteiger partial charge in [-0.05, 0) is 0 Å². The number of rotatable bonds is 0. The van der Waals surface area contributed by atoms with Crippen LogP contribution in [-0.2, 0) is 0 Å². The average molecular weight is 103 g/mol. The zero-order valence-electron chi connectivity index (χ0n) is 3.53. The predicted molar refractivity (Wildman–Crippen MR) is 22.2 cm³/mol. The monoisotopic (exact) mass is 103 g/mol. The Morgan fingerprint density at radius 3 is 2.14 bits per heavy atom. The van der Waals surface area contributed by atoms with Gasteiger partial charge in [0.1, 0.15) is 0 Å². The number of hydrogen-bond acceptors (Lipinski definition) is 4. The van der Waals surface area contributed by atoms with E-state index in [1.165, 1.54) is 5.34 Å². The molecule has 0 rings (SSSR count). The highest BCUT2D eigenvalue weighted by Crippen LogP contribution is 1.26. The highest BCUT2D eigenvalue weighted by atomic mass is 16.6. The first-order chi connectivity index (χ1) is 3.33. The highest BCUT2D eigenvalue weighted by molar-refractivity contribution is 4.67. The van der Waals surface area contributed by atoms with Crippen LogP contribution < -0.4 is 5.73 Å². The Hall–Kier alpha value is -1.15. The second kappa shape index (κ2) is 21.0. The van der Waals surface area contributed by atoms with Crippen LogP contribution in [0, 0.1) is 16.2 Å². The SMILES string of the molecule is N#CCN.O=NO. The van der Waals surface area contributed by atoms with E-state index in [4.69, 9.17) is 15.4 Å². The Balaban J connectivity index is 0. The molecule has 5 heteroatoms. The molecule has 0 aliphatic heterocycles. The van der Waals surface area contributed by atoms with Gasteiger partial charge in [0.05, 0.1) is 12.6 Å². The smallest absolute Gasteiger partial charge is 0.152 e. The average Bonchev–Trinajstić information content (AvgIpc) is 1.69. The summed E-state index contributed by atoms with van der Waals surface area (Å²) in [6.07, 6.45) is 0. The molecule has 0 spiro atoms. The van der Waals surface area contributed by atoms with Crippen LogP contribution in [0.3, 0.4) is 0 Å². The lowest BCUT2D eigenvalue weighted by Gasteiger charge is -1.51. The molecule has 0 amide bonds. The normalized spacial score (nSPS) is 4.57. The lowest BCUT2D eigenvalue weighted by atomic mass is 10.8. The van der Waals surface area contributed by atoms with Gasteiger partial charge in [-0.2, -0.15) is 5.26 Å². The van der Waals surface area contributed by atoms with Gasteiger partial charge in [-0.1, -0.05) is 0 Å². The minimum Gasteiger partial charge on any atom is -0.379 e. The van der Waals surface area contributed by atoms with Crippen molar-refractivity contribution in [3.05, 3.63) is 4.91 Å². The zero-order chi connectivity index (χ0) is 6.12. The predicted octanol–water partition coefficient (Wildman–Crippen LogP) is -0.389. The lowest BCUT2D eigenvalue weighted by molar-refractivity contribution is 0.312. The van der Waals surface area contributed by atoms with Crippen molar-refractivity contribution in [2.75, 3.05) is 6.54 Å². The highest BCUT2D eigenvalue weighted by Gasteiger charge is 1.48. The largest absolute Gasteiger partial charge is 0.379 e. The molecule has 40 valence electrons. The van der Waals surface area contributed by atoms with E-state index in [1.807, 2.05) is 0 Å². The van der Waals surface area contributed by atoms with Crippen molar-refractivity contribution in [2.45, 2.75) is 0 Å². The van der Waals surface area contributed by atoms with E-state index >= 15 is 0 Å². The number of nitrogens with zero attached hydrogens (tertiary/aromatic N) is 2. The van der Waals surface area contributed by atoms with Crippen LogP contribution in [0.1, 0.15) is 0 Å². The molecule has 0 unspecified atom stereocenters. The molecule has 5 nitrogen and oxygen atoms in total. The molecule has 0 bridgehead atoms. The van der Waals surface area contributed by atoms with Gasteiger partial charge in [0.25, 0.3) is 0 Å². The molecular formula is C2H5N3O2. The standard InChI is InChI=1S/C2H4N2.HNO2/c3-1-2-4;2-1-3/h1,3H2;(H,2,3). The van der Waals surface area contributed by atoms with E-state index < -0.39 is 0 Å². The summed E-state index contributed by atoms with van der Waals surface area (Å²) in [4.78, 5) is 8.11. The van der Waals surface area contributed by atoms with Crippen molar-refractivity contribution >= 4 is 0 Å². The zero-order valence-corrected chi connectivity index (χ0v) is 3.53. The molecule has 0 radical (unpaired) electrons. The molecule has 0 fully saturated rings. The van der Waals surface area contributed by atoms with Gasteiger partial charge >= 0.3 is 0 Å². The summed E-state index contributed by atoms with van der Waals surface area (Å²) in [5, 5.41) is 15.4. The minimum absolute atomic E-state index is 0.125. The molecular weight excluding hydrogens is 98.0 g/mol. The van der Waals surface area contributed by atoms with Gasteiger partial charge in [0.2, 0.25) is 0 Å². The number of hydrogen-bond donors (Lipinski definition) is 2. The van der Waals surface area contributed by atoms with E-state index in [1.54, 1.807) is 6.07 Å². The third-order valence-electron chi connectivity index (χ3n) is 0.0913. The van der Waals surface area contributed by atoms with E-state index in [2.05, 4.69) is 5.73 Å². The molecule has 0 aliphatic rings. The van der Waals surface area contributed by atoms with Crippen molar-refractivity contribution in [3.8, 4) is 6.07 Å². The molecule has 7 heavy (non-hydrogen) atoms. The molecule has 0 heterocycles. The van der Waals surface area contributed by atoms with Gasteiger partial charge in [0.15, 0.2) is 5.34 Å². The second-order valence-electron chi connectivity index (χ2n) is 0.444. The number of nitrogens with two attached hydrogens (primary N) is 1. The summed E-state index contributed by atoms with van der Waals surface area (Å²) < 4.78 is 0. The van der Waals surface area contributed by atoms with Crippen LogP contribution in [0.5, 0.6) is 0 Å². The Labute approximate surface area is 40.3 Å². The molecule has 3 N–H and O–H groups in total. The maximum Gasteiger partial charge on any atom is 0.152 e. The Morgan fingerprint density at radius 1 is 2.00 bits per heavy atom. The van der Waals surface area contributed by atoms with Crippen molar-refractivity contribution in [3.63, 3.8) is 0 Å². The molecule has 0 saturated carbocycles. The first-order valence-electron chi connectivity index (χ1n) is 1.37. The summed E-state index contributed by atoms with van der Waals surface area (Å²) in [7, 11) is 0. The van der Waals surface area contributed by atoms with E-state index in [9.17, 15) is 0 Å². The van der Waals surface area contributed by atoms with Gasteiger partial charge in [-0.3, -0.25) is 0 Å². The second-order valence-corrected chi connectivity index (χ2v) is 0.444. The third-order valence-corrected chi connectivity index (χ3v) is 0.0913. The van der Waals surface area contributed by atoms with Crippen molar-refractivity contribution in [2.24, 2.45) is 11.1 Å². The topological polar surface area (TPSA) is 99.5 Å². The molecule has 0 aliphatic carbocycles. The fourth-order valence-corrected chi connectivity index (χ4v) is 0. The maximum absolute atomic E-state index is 8.11. The van der Waals surface area contributed by atoms with Crippen LogP contribution in [-0.4, -0.2) is 11.8 Å². The maximum atomic E-state index is 8.11. The van der Waals surface area contributed by atoms with Crippen molar-refractivity contribution in [1.82, 2.24) is 0 Å². The van der Waals surface area contributed by atoms with Crippen LogP contribution in [0.2, 0.25) is 0 Å². The minimum atomic E-state index is 0.125. The van der Waals surface area contributed by atoms with Crippen LogP contribution in [0.25, 0.3) is 0 Å². The molecule has 0 saturated heterocycles. The van der Waals surface area contributed by atoms with E-state index in [0.29, 0.717) is 0 Å². The Morgan fingerprint density at radius 2 is 2.14 bits per heavy atom. The Kier molecular flexibility index (Phi) is 27.9. The fraction of sp³-hybridized carbons (Fsp3) is 0.500. The first kappa shape index (κ1) is 9.28. The Bertz CT molecular complexity index is 65.8. The molecule has 0 aromatic carbocycles. The molecule has 0 aromatic rings. The summed E-state index contributed by atoms with van der Waals surface area (Å²) >= 11 is 0. The summed E-state index contributed by atoms with van der Waals surface area (Å²) in [5.74, 6) is 0.